The van der Waals surface area contributed by atoms with Gasteiger partial charge >= 0.3 is 0 Å². The van der Waals surface area contributed by atoms with Gasteiger partial charge < -0.3 is 9.64 Å². The fourth-order valence-corrected chi connectivity index (χ4v) is 3.50. The van der Waals surface area contributed by atoms with Gasteiger partial charge in [0, 0.05) is 24.7 Å². The lowest BCUT2D eigenvalue weighted by Crippen LogP contribution is -2.17. The van der Waals surface area contributed by atoms with Crippen molar-refractivity contribution in [1.29, 1.82) is 0 Å². The van der Waals surface area contributed by atoms with E-state index in [0.29, 0.717) is 5.88 Å². The molecule has 2 aromatic carbocycles. The first kappa shape index (κ1) is 16.7. The van der Waals surface area contributed by atoms with Crippen molar-refractivity contribution in [3.8, 4) is 11.6 Å². The lowest BCUT2D eigenvalue weighted by atomic mass is 9.86. The SMILES string of the molecule is CN1CCC(c2ccc(F)cc2)c2ccc(Oc3cccnn3)cc2C1. The molecule has 0 bridgehead atoms. The van der Waals surface area contributed by atoms with Crippen molar-refractivity contribution in [1.82, 2.24) is 15.1 Å². The van der Waals surface area contributed by atoms with E-state index in [2.05, 4.69) is 34.3 Å². The van der Waals surface area contributed by atoms with Crippen LogP contribution in [0.25, 0.3) is 0 Å². The minimum atomic E-state index is -0.201. The summed E-state index contributed by atoms with van der Waals surface area (Å²) in [5, 5.41) is 7.81. The summed E-state index contributed by atoms with van der Waals surface area (Å²) in [6, 6.07) is 16.6. The van der Waals surface area contributed by atoms with Crippen molar-refractivity contribution in [3.05, 3.63) is 83.3 Å². The number of ether oxygens (including phenoxy) is 1. The van der Waals surface area contributed by atoms with Crippen LogP contribution in [0, 0.1) is 5.82 Å². The monoisotopic (exact) mass is 349 g/mol. The summed E-state index contributed by atoms with van der Waals surface area (Å²) in [7, 11) is 2.12. The Hall–Kier alpha value is -2.79. The fourth-order valence-electron chi connectivity index (χ4n) is 3.50. The zero-order chi connectivity index (χ0) is 17.9. The van der Waals surface area contributed by atoms with E-state index in [9.17, 15) is 4.39 Å². The molecule has 0 saturated carbocycles. The third-order valence-electron chi connectivity index (χ3n) is 4.77. The molecule has 132 valence electrons. The molecule has 1 atom stereocenters. The lowest BCUT2D eigenvalue weighted by Gasteiger charge is -2.18. The van der Waals surface area contributed by atoms with Crippen LogP contribution in [-0.4, -0.2) is 28.7 Å². The smallest absolute Gasteiger partial charge is 0.238 e. The van der Waals surface area contributed by atoms with Crippen molar-refractivity contribution >= 4 is 0 Å². The highest BCUT2D eigenvalue weighted by molar-refractivity contribution is 5.43. The predicted molar refractivity (Wildman–Crippen MR) is 97.7 cm³/mol. The van der Waals surface area contributed by atoms with Crippen molar-refractivity contribution in [2.45, 2.75) is 18.9 Å². The van der Waals surface area contributed by atoms with Crippen LogP contribution in [0.4, 0.5) is 4.39 Å². The predicted octanol–water partition coefficient (Wildman–Crippen LogP) is 4.38. The molecular weight excluding hydrogens is 329 g/mol. The van der Waals surface area contributed by atoms with Gasteiger partial charge in [-0.05, 0) is 67.0 Å². The summed E-state index contributed by atoms with van der Waals surface area (Å²) >= 11 is 0. The Morgan fingerprint density at radius 1 is 1.12 bits per heavy atom. The van der Waals surface area contributed by atoms with Crippen LogP contribution in [0.1, 0.15) is 29.0 Å². The molecule has 0 fully saturated rings. The topological polar surface area (TPSA) is 38.2 Å². The molecule has 0 spiro atoms. The Morgan fingerprint density at radius 2 is 1.96 bits per heavy atom. The summed E-state index contributed by atoms with van der Waals surface area (Å²) < 4.78 is 19.2. The van der Waals surface area contributed by atoms with Crippen molar-refractivity contribution in [3.63, 3.8) is 0 Å². The third-order valence-corrected chi connectivity index (χ3v) is 4.77. The molecular formula is C21H20FN3O. The quantitative estimate of drug-likeness (QED) is 0.703. The Bertz CT molecular complexity index is 884. The number of fused-ring (bicyclic) bond motifs is 1. The lowest BCUT2D eigenvalue weighted by molar-refractivity contribution is 0.328. The average molecular weight is 349 g/mol. The molecule has 0 amide bonds. The van der Waals surface area contributed by atoms with Gasteiger partial charge in [-0.1, -0.05) is 18.2 Å². The van der Waals surface area contributed by atoms with E-state index < -0.39 is 0 Å². The van der Waals surface area contributed by atoms with Crippen LogP contribution in [0.3, 0.4) is 0 Å². The molecule has 1 aliphatic heterocycles. The maximum Gasteiger partial charge on any atom is 0.238 e. The minimum Gasteiger partial charge on any atom is -0.438 e. The number of aromatic nitrogens is 2. The molecule has 1 unspecified atom stereocenters. The van der Waals surface area contributed by atoms with Crippen molar-refractivity contribution < 1.29 is 9.13 Å². The average Bonchev–Trinajstić information content (AvgIpc) is 2.81. The molecule has 0 saturated heterocycles. The van der Waals surface area contributed by atoms with E-state index in [1.54, 1.807) is 18.3 Å². The van der Waals surface area contributed by atoms with E-state index >= 15 is 0 Å². The molecule has 2 heterocycles. The van der Waals surface area contributed by atoms with Gasteiger partial charge in [-0.3, -0.25) is 0 Å². The Balaban J connectivity index is 1.68. The largest absolute Gasteiger partial charge is 0.438 e. The van der Waals surface area contributed by atoms with Gasteiger partial charge in [0.05, 0.1) is 0 Å². The molecule has 0 N–H and O–H groups in total. The maximum atomic E-state index is 13.3. The van der Waals surface area contributed by atoms with Gasteiger partial charge in [-0.25, -0.2) is 4.39 Å². The van der Waals surface area contributed by atoms with Crippen LogP contribution >= 0.6 is 0 Å². The standard InChI is InChI=1S/C21H20FN3O/c1-25-12-10-20(15-4-6-17(22)7-5-15)19-9-8-18(13-16(19)14-25)26-21-3-2-11-23-24-21/h2-9,11,13,20H,10,12,14H2,1H3. The van der Waals surface area contributed by atoms with Gasteiger partial charge in [0.15, 0.2) is 0 Å². The van der Waals surface area contributed by atoms with Gasteiger partial charge in [0.25, 0.3) is 0 Å². The highest BCUT2D eigenvalue weighted by atomic mass is 19.1. The Kier molecular flexibility index (Phi) is 4.63. The second-order valence-corrected chi connectivity index (χ2v) is 6.66. The first-order valence-electron chi connectivity index (χ1n) is 8.71. The molecule has 26 heavy (non-hydrogen) atoms. The third kappa shape index (κ3) is 3.58. The van der Waals surface area contributed by atoms with Crippen LogP contribution in [0.2, 0.25) is 0 Å². The molecule has 3 aromatic rings. The summed E-state index contributed by atoms with van der Waals surface area (Å²) in [5.74, 6) is 1.27. The Morgan fingerprint density at radius 3 is 2.73 bits per heavy atom. The van der Waals surface area contributed by atoms with E-state index in [4.69, 9.17) is 4.74 Å². The first-order valence-corrected chi connectivity index (χ1v) is 8.71. The molecule has 1 aromatic heterocycles. The summed E-state index contributed by atoms with van der Waals surface area (Å²) in [6.45, 7) is 1.84. The van der Waals surface area contributed by atoms with Crippen molar-refractivity contribution in [2.24, 2.45) is 0 Å². The summed E-state index contributed by atoms with van der Waals surface area (Å²) in [6.07, 6.45) is 2.62. The number of halogens is 1. The Labute approximate surface area is 152 Å². The van der Waals surface area contributed by atoms with Crippen molar-refractivity contribution in [2.75, 3.05) is 13.6 Å². The summed E-state index contributed by atoms with van der Waals surface area (Å²) in [4.78, 5) is 2.30. The van der Waals surface area contributed by atoms with Gasteiger partial charge in [0.2, 0.25) is 5.88 Å². The fraction of sp³-hybridized carbons (Fsp3) is 0.238. The zero-order valence-corrected chi connectivity index (χ0v) is 14.6. The molecule has 0 aliphatic carbocycles. The number of nitrogens with zero attached hydrogens (tertiary/aromatic N) is 3. The number of hydrogen-bond donors (Lipinski definition) is 0. The van der Waals surface area contributed by atoms with E-state index in [-0.39, 0.29) is 11.7 Å². The molecule has 5 heteroatoms. The number of hydrogen-bond acceptors (Lipinski definition) is 4. The molecule has 1 aliphatic rings. The van der Waals surface area contributed by atoms with Crippen LogP contribution in [0.15, 0.2) is 60.8 Å². The van der Waals surface area contributed by atoms with Gasteiger partial charge in [-0.2, -0.15) is 5.10 Å². The van der Waals surface area contributed by atoms with E-state index in [1.807, 2.05) is 18.2 Å². The highest BCUT2D eigenvalue weighted by Crippen LogP contribution is 2.36. The molecule has 4 nitrogen and oxygen atoms in total. The minimum absolute atomic E-state index is 0.201. The van der Waals surface area contributed by atoms with Crippen LogP contribution < -0.4 is 4.74 Å². The summed E-state index contributed by atoms with van der Waals surface area (Å²) in [5.41, 5.74) is 3.64. The zero-order valence-electron chi connectivity index (χ0n) is 14.6. The maximum absolute atomic E-state index is 13.3. The van der Waals surface area contributed by atoms with Gasteiger partial charge in [-0.15, -0.1) is 5.10 Å². The van der Waals surface area contributed by atoms with E-state index in [1.165, 1.54) is 23.3 Å². The van der Waals surface area contributed by atoms with Gasteiger partial charge in [0.1, 0.15) is 11.6 Å². The molecule has 0 radical (unpaired) electrons. The van der Waals surface area contributed by atoms with Crippen LogP contribution in [0.5, 0.6) is 11.6 Å². The van der Waals surface area contributed by atoms with Crippen LogP contribution in [-0.2, 0) is 6.54 Å². The molecule has 4 rings (SSSR count). The van der Waals surface area contributed by atoms with E-state index in [0.717, 1.165) is 30.8 Å². The first-order chi connectivity index (χ1) is 12.7. The number of benzene rings is 2. The normalized spacial score (nSPS) is 17.4. The second kappa shape index (κ2) is 7.22. The number of rotatable bonds is 3. The second-order valence-electron chi connectivity index (χ2n) is 6.66. The highest BCUT2D eigenvalue weighted by Gasteiger charge is 2.23.